The molecule has 0 radical (unpaired) electrons. The molecule has 5 heterocycles. The number of hydrogen-bond donors (Lipinski definition) is 2. The van der Waals surface area contributed by atoms with E-state index in [2.05, 4.69) is 15.7 Å². The Labute approximate surface area is 337 Å². The van der Waals surface area contributed by atoms with E-state index in [0.717, 1.165) is 5.56 Å². The molecule has 0 aliphatic carbocycles. The molecule has 57 heavy (non-hydrogen) atoms. The number of pyridine rings is 1. The number of nitrogens with one attached hydrogen (secondary N) is 2. The first-order valence-electron chi connectivity index (χ1n) is 19.0. The van der Waals surface area contributed by atoms with Crippen LogP contribution in [0.2, 0.25) is 0 Å². The highest BCUT2D eigenvalue weighted by molar-refractivity contribution is 7.89. The van der Waals surface area contributed by atoms with Gasteiger partial charge in [-0.25, -0.2) is 22.8 Å². The van der Waals surface area contributed by atoms with Crippen LogP contribution in [0, 0.1) is 11.3 Å². The van der Waals surface area contributed by atoms with Crippen molar-refractivity contribution in [2.24, 2.45) is 11.3 Å². The largest absolute Gasteiger partial charge is 0.464 e. The second-order valence-electron chi connectivity index (χ2n) is 16.0. The fraction of sp³-hybridized carbons (Fsp3) is 0.500. The minimum absolute atomic E-state index is 0.00796. The van der Waals surface area contributed by atoms with Crippen molar-refractivity contribution in [2.45, 2.75) is 84.5 Å². The Morgan fingerprint density at radius 2 is 1.96 bits per heavy atom. The second kappa shape index (κ2) is 16.6. The SMILES string of the molecule is CO[C@@H](C)c1ncccc1-c1c2c3cc(ccc3n1S(C)(=O)=O)-c1csc(n1)C[C@H](NC(=O)C(C(C)C)N(C)C=O)C(=O)N1CCC[C@H](N1)C(=O)OCC(C)(C)C2. The van der Waals surface area contributed by atoms with E-state index >= 15 is 0 Å². The fourth-order valence-corrected chi connectivity index (χ4v) is 9.63. The number of amides is 3. The van der Waals surface area contributed by atoms with Gasteiger partial charge in [-0.2, -0.15) is 0 Å². The van der Waals surface area contributed by atoms with Gasteiger partial charge in [-0.05, 0) is 61.9 Å². The molecule has 1 fully saturated rings. The molecule has 2 N–H and O–H groups in total. The number of benzene rings is 1. The van der Waals surface area contributed by atoms with Crippen molar-refractivity contribution in [2.75, 3.05) is 33.6 Å². The number of carbonyl (C=O) groups is 4. The number of aromatic nitrogens is 3. The van der Waals surface area contributed by atoms with Crippen molar-refractivity contribution in [3.8, 4) is 22.5 Å². The van der Waals surface area contributed by atoms with Crippen LogP contribution in [0.1, 0.15) is 69.8 Å². The minimum atomic E-state index is -3.90. The van der Waals surface area contributed by atoms with Gasteiger partial charge in [0.2, 0.25) is 22.3 Å². The minimum Gasteiger partial charge on any atom is -0.464 e. The number of hydrazine groups is 1. The Morgan fingerprint density at radius 1 is 1.21 bits per heavy atom. The van der Waals surface area contributed by atoms with Gasteiger partial charge in [-0.15, -0.1) is 11.3 Å². The second-order valence-corrected chi connectivity index (χ2v) is 18.8. The van der Waals surface area contributed by atoms with Gasteiger partial charge < -0.3 is 19.7 Å². The molecular weight excluding hydrogens is 771 g/mol. The molecule has 1 aromatic carbocycles. The van der Waals surface area contributed by atoms with Crippen molar-refractivity contribution in [3.05, 3.63) is 58.2 Å². The summed E-state index contributed by atoms with van der Waals surface area (Å²) in [4.78, 5) is 64.2. The summed E-state index contributed by atoms with van der Waals surface area (Å²) >= 11 is 1.32. The lowest BCUT2D eigenvalue weighted by atomic mass is 9.84. The van der Waals surface area contributed by atoms with Crippen molar-refractivity contribution in [3.63, 3.8) is 0 Å². The summed E-state index contributed by atoms with van der Waals surface area (Å²) in [6.07, 6.45) is 4.22. The van der Waals surface area contributed by atoms with Crippen LogP contribution in [-0.4, -0.2) is 108 Å². The zero-order valence-electron chi connectivity index (χ0n) is 33.6. The Balaban J connectivity index is 1.53. The zero-order chi connectivity index (χ0) is 41.4. The van der Waals surface area contributed by atoms with Gasteiger partial charge in [0.05, 0.1) is 46.6 Å². The molecule has 6 bridgehead atoms. The first-order chi connectivity index (χ1) is 26.9. The third-order valence-electron chi connectivity index (χ3n) is 10.5. The molecule has 2 aliphatic rings. The molecule has 3 amide bonds. The van der Waals surface area contributed by atoms with E-state index in [4.69, 9.17) is 14.5 Å². The number of esters is 1. The highest BCUT2D eigenvalue weighted by Crippen LogP contribution is 2.42. The smallest absolute Gasteiger partial charge is 0.324 e. The molecule has 3 aromatic heterocycles. The molecule has 17 heteroatoms. The van der Waals surface area contributed by atoms with E-state index in [0.29, 0.717) is 76.3 Å². The van der Waals surface area contributed by atoms with E-state index in [1.165, 1.54) is 38.5 Å². The summed E-state index contributed by atoms with van der Waals surface area (Å²) in [5.74, 6) is -1.73. The monoisotopic (exact) mass is 821 g/mol. The molecule has 4 atom stereocenters. The summed E-state index contributed by atoms with van der Waals surface area (Å²) in [7, 11) is -0.811. The van der Waals surface area contributed by atoms with Crippen LogP contribution in [-0.2, 0) is 51.5 Å². The first-order valence-corrected chi connectivity index (χ1v) is 21.7. The maximum atomic E-state index is 14.2. The fourth-order valence-electron chi connectivity index (χ4n) is 7.73. The Bertz CT molecular complexity index is 2290. The third-order valence-corrected chi connectivity index (χ3v) is 12.5. The number of cyclic esters (lactones) is 1. The van der Waals surface area contributed by atoms with Gasteiger partial charge in [0, 0.05) is 60.6 Å². The summed E-state index contributed by atoms with van der Waals surface area (Å²) in [5, 5.41) is 7.36. The first kappa shape index (κ1) is 41.9. The Hall–Kier alpha value is -4.71. The number of ether oxygens (including phenoxy) is 2. The van der Waals surface area contributed by atoms with Gasteiger partial charge in [-0.3, -0.25) is 29.2 Å². The molecule has 306 valence electrons. The Kier molecular flexibility index (Phi) is 12.2. The van der Waals surface area contributed by atoms with Crippen LogP contribution in [0.4, 0.5) is 0 Å². The highest BCUT2D eigenvalue weighted by Gasteiger charge is 2.37. The van der Waals surface area contributed by atoms with Crippen LogP contribution >= 0.6 is 11.3 Å². The van der Waals surface area contributed by atoms with E-state index in [1.54, 1.807) is 25.4 Å². The molecule has 2 aliphatic heterocycles. The molecule has 0 spiro atoms. The lowest BCUT2D eigenvalue weighted by Crippen LogP contribution is -2.61. The summed E-state index contributed by atoms with van der Waals surface area (Å²) in [6.45, 7) is 9.68. The molecule has 1 saturated heterocycles. The highest BCUT2D eigenvalue weighted by atomic mass is 32.2. The van der Waals surface area contributed by atoms with Crippen LogP contribution in [0.15, 0.2) is 41.9 Å². The van der Waals surface area contributed by atoms with Crippen molar-refractivity contribution < 1.29 is 37.1 Å². The number of methoxy groups -OCH3 is 1. The van der Waals surface area contributed by atoms with E-state index in [9.17, 15) is 27.6 Å². The molecule has 4 aromatic rings. The zero-order valence-corrected chi connectivity index (χ0v) is 35.2. The van der Waals surface area contributed by atoms with E-state index < -0.39 is 57.5 Å². The summed E-state index contributed by atoms with van der Waals surface area (Å²) < 4.78 is 40.6. The quantitative estimate of drug-likeness (QED) is 0.183. The molecular formula is C40H51N7O8S2. The third kappa shape index (κ3) is 8.76. The summed E-state index contributed by atoms with van der Waals surface area (Å²) in [6, 6.07) is 6.36. The average molecular weight is 822 g/mol. The van der Waals surface area contributed by atoms with Gasteiger partial charge in [-0.1, -0.05) is 33.8 Å². The lowest BCUT2D eigenvalue weighted by molar-refractivity contribution is -0.155. The number of nitrogens with zero attached hydrogens (tertiary/aromatic N) is 5. The maximum Gasteiger partial charge on any atom is 0.324 e. The Morgan fingerprint density at radius 3 is 2.65 bits per heavy atom. The number of carbonyl (C=O) groups excluding carboxylic acids is 4. The maximum absolute atomic E-state index is 14.2. The number of likely N-dealkylation sites (N-methyl/N-ethyl adjacent to an activating group) is 1. The van der Waals surface area contributed by atoms with Gasteiger partial charge in [0.1, 0.15) is 18.1 Å². The topological polar surface area (TPSA) is 182 Å². The normalized spacial score (nSPS) is 20.1. The van der Waals surface area contributed by atoms with Crippen LogP contribution in [0.25, 0.3) is 33.4 Å². The standard InChI is InChI=1S/C40H51N7O8S2/c1-23(2)35(45(6)22-48)37(49)43-30-18-33-42-31(20-56-33)25-13-14-32-27(17-25)28(19-40(4,5)21-55-39(51)29-12-10-16-46(44-29)38(30)50)36(47(32)57(8,52)53)26-11-9-15-41-34(26)24(3)54-7/h9,11,13-15,17,20,22-24,29-30,35,44H,10,12,16,18-19,21H2,1-8H3,(H,43,49)/t24-,29-,30-,35?/m0/s1. The predicted molar refractivity (Wildman–Crippen MR) is 216 cm³/mol. The number of hydrogen-bond acceptors (Lipinski definition) is 12. The molecule has 6 rings (SSSR count). The van der Waals surface area contributed by atoms with Crippen LogP contribution < -0.4 is 10.7 Å². The lowest BCUT2D eigenvalue weighted by Gasteiger charge is -2.36. The molecule has 15 nitrogen and oxygen atoms in total. The number of fused-ring (bicyclic) bond motifs is 6. The van der Waals surface area contributed by atoms with Gasteiger partial charge >= 0.3 is 5.97 Å². The molecule has 0 saturated carbocycles. The van der Waals surface area contributed by atoms with E-state index in [-0.39, 0.29) is 18.9 Å². The summed E-state index contributed by atoms with van der Waals surface area (Å²) in [5.41, 5.74) is 6.47. The number of thiazole rings is 1. The van der Waals surface area contributed by atoms with Crippen molar-refractivity contribution in [1.29, 1.82) is 0 Å². The van der Waals surface area contributed by atoms with Crippen LogP contribution in [0.5, 0.6) is 0 Å². The molecule has 1 unspecified atom stereocenters. The van der Waals surface area contributed by atoms with Gasteiger partial charge in [0.25, 0.3) is 5.91 Å². The van der Waals surface area contributed by atoms with Gasteiger partial charge in [0.15, 0.2) is 0 Å². The van der Waals surface area contributed by atoms with E-state index in [1.807, 2.05) is 58.2 Å². The predicted octanol–water partition coefficient (Wildman–Crippen LogP) is 4.10. The van der Waals surface area contributed by atoms with Crippen molar-refractivity contribution >= 4 is 56.5 Å². The average Bonchev–Trinajstić information content (AvgIpc) is 3.77. The number of rotatable bonds is 9. The van der Waals surface area contributed by atoms with Crippen molar-refractivity contribution in [1.82, 2.24) is 34.6 Å². The van der Waals surface area contributed by atoms with Crippen LogP contribution in [0.3, 0.4) is 0 Å².